The molecule has 1 aromatic carbocycles. The van der Waals surface area contributed by atoms with E-state index in [9.17, 15) is 0 Å². The summed E-state index contributed by atoms with van der Waals surface area (Å²) in [6, 6.07) is 9.92. The first kappa shape index (κ1) is 11.8. The van der Waals surface area contributed by atoms with E-state index < -0.39 is 0 Å². The average Bonchev–Trinajstić information content (AvgIpc) is 3.27. The molecule has 5 nitrogen and oxygen atoms in total. The zero-order valence-corrected chi connectivity index (χ0v) is 10.6. The molecule has 1 aromatic rings. The predicted molar refractivity (Wildman–Crippen MR) is 64.3 cm³/mol. The number of hydrogen-bond donors (Lipinski definition) is 0. The summed E-state index contributed by atoms with van der Waals surface area (Å²) in [6.45, 7) is 0.497. The van der Waals surface area contributed by atoms with Crippen LogP contribution in [0, 0.1) is 0 Å². The van der Waals surface area contributed by atoms with Gasteiger partial charge in [0, 0.05) is 12.7 Å². The Morgan fingerprint density at radius 1 is 1.00 bits per heavy atom. The predicted octanol–water partition coefficient (Wildman–Crippen LogP) is 1.24. The van der Waals surface area contributed by atoms with Crippen molar-refractivity contribution in [2.45, 2.75) is 37.0 Å². The van der Waals surface area contributed by atoms with Gasteiger partial charge in [-0.2, -0.15) is 0 Å². The van der Waals surface area contributed by atoms with Gasteiger partial charge in [0.1, 0.15) is 24.4 Å². The fourth-order valence-electron chi connectivity index (χ4n) is 2.80. The molecule has 0 spiro atoms. The normalized spacial score (nSPS) is 44.3. The lowest BCUT2D eigenvalue weighted by molar-refractivity contribution is -0.304. The summed E-state index contributed by atoms with van der Waals surface area (Å²) in [5, 5.41) is 0. The third-order valence-electron chi connectivity index (χ3n) is 3.83. The molecule has 1 unspecified atom stereocenters. The van der Waals surface area contributed by atoms with Gasteiger partial charge in [0.25, 0.3) is 0 Å². The summed E-state index contributed by atoms with van der Waals surface area (Å²) in [6.07, 6.45) is -0.759. The Bertz CT molecular complexity index is 450. The van der Waals surface area contributed by atoms with Gasteiger partial charge in [-0.05, 0) is 0 Å². The molecule has 3 saturated heterocycles. The highest BCUT2D eigenvalue weighted by Crippen LogP contribution is 2.43. The molecule has 0 bridgehead atoms. The van der Waals surface area contributed by atoms with Crippen molar-refractivity contribution in [3.05, 3.63) is 35.9 Å². The van der Waals surface area contributed by atoms with Crippen LogP contribution in [0.4, 0.5) is 0 Å². The van der Waals surface area contributed by atoms with Gasteiger partial charge in [-0.3, -0.25) is 0 Å². The third kappa shape index (κ3) is 1.98. The lowest BCUT2D eigenvalue weighted by Crippen LogP contribution is -2.52. The summed E-state index contributed by atoms with van der Waals surface area (Å²) in [4.78, 5) is 0. The molecular weight excluding hydrogens is 248 g/mol. The molecule has 4 rings (SSSR count). The summed E-state index contributed by atoms with van der Waals surface area (Å²) < 4.78 is 28.4. The number of fused-ring (bicyclic) bond motifs is 3. The van der Waals surface area contributed by atoms with Crippen LogP contribution in [-0.2, 0) is 23.7 Å². The van der Waals surface area contributed by atoms with Crippen LogP contribution in [-0.4, -0.2) is 44.4 Å². The second kappa shape index (κ2) is 4.54. The Morgan fingerprint density at radius 2 is 1.84 bits per heavy atom. The minimum absolute atomic E-state index is 0.000716. The minimum atomic E-state index is -0.338. The zero-order chi connectivity index (χ0) is 12.8. The molecular formula is C14H16O5. The smallest absolute Gasteiger partial charge is 0.186 e. The van der Waals surface area contributed by atoms with Crippen molar-refractivity contribution < 1.29 is 23.7 Å². The van der Waals surface area contributed by atoms with Crippen molar-refractivity contribution in [3.8, 4) is 0 Å². The van der Waals surface area contributed by atoms with Gasteiger partial charge in [-0.15, -0.1) is 0 Å². The van der Waals surface area contributed by atoms with E-state index in [0.717, 1.165) is 5.56 Å². The Labute approximate surface area is 111 Å². The highest BCUT2D eigenvalue weighted by molar-refractivity contribution is 5.17. The number of hydrogen-bond acceptors (Lipinski definition) is 5. The van der Waals surface area contributed by atoms with Gasteiger partial charge in [0.15, 0.2) is 12.6 Å². The van der Waals surface area contributed by atoms with E-state index in [1.54, 1.807) is 7.11 Å². The summed E-state index contributed by atoms with van der Waals surface area (Å²) in [7, 11) is 1.63. The van der Waals surface area contributed by atoms with Crippen LogP contribution >= 0.6 is 0 Å². The molecule has 0 radical (unpaired) electrons. The number of ether oxygens (including phenoxy) is 5. The highest BCUT2D eigenvalue weighted by atomic mass is 16.8. The Kier molecular flexibility index (Phi) is 2.82. The van der Waals surface area contributed by atoms with Crippen LogP contribution in [0.1, 0.15) is 11.9 Å². The first-order chi connectivity index (χ1) is 9.36. The zero-order valence-electron chi connectivity index (χ0n) is 10.6. The molecule has 5 heteroatoms. The fourth-order valence-corrected chi connectivity index (χ4v) is 2.80. The van der Waals surface area contributed by atoms with Crippen LogP contribution in [0.3, 0.4) is 0 Å². The van der Waals surface area contributed by atoms with Crippen LogP contribution in [0.25, 0.3) is 0 Å². The van der Waals surface area contributed by atoms with E-state index in [2.05, 4.69) is 0 Å². The van der Waals surface area contributed by atoms with Crippen LogP contribution in [0.2, 0.25) is 0 Å². The van der Waals surface area contributed by atoms with Crippen LogP contribution in [0.5, 0.6) is 0 Å². The summed E-state index contributed by atoms with van der Waals surface area (Å²) >= 11 is 0. The average molecular weight is 264 g/mol. The second-order valence-corrected chi connectivity index (χ2v) is 5.02. The SMILES string of the molecule is CO[C@@H]1O[C@@H]2COC(c3ccccc3)O[C@H]2[C@@H]2O[C@H]12. The van der Waals surface area contributed by atoms with Crippen LogP contribution in [0.15, 0.2) is 30.3 Å². The molecule has 102 valence electrons. The van der Waals surface area contributed by atoms with Gasteiger partial charge in [0.05, 0.1) is 6.61 Å². The quantitative estimate of drug-likeness (QED) is 0.752. The lowest BCUT2D eigenvalue weighted by Gasteiger charge is -2.39. The maximum atomic E-state index is 6.00. The monoisotopic (exact) mass is 264 g/mol. The van der Waals surface area contributed by atoms with Gasteiger partial charge in [-0.25, -0.2) is 0 Å². The Morgan fingerprint density at radius 3 is 2.63 bits per heavy atom. The number of methoxy groups -OCH3 is 1. The molecule has 3 aliphatic rings. The van der Waals surface area contributed by atoms with Crippen molar-refractivity contribution in [2.75, 3.05) is 13.7 Å². The Balaban J connectivity index is 1.50. The lowest BCUT2D eigenvalue weighted by atomic mass is 10.0. The van der Waals surface area contributed by atoms with Crippen LogP contribution < -0.4 is 0 Å². The van der Waals surface area contributed by atoms with E-state index in [4.69, 9.17) is 23.7 Å². The number of benzene rings is 1. The molecule has 0 aromatic heterocycles. The molecule has 3 fully saturated rings. The first-order valence-electron chi connectivity index (χ1n) is 6.52. The van der Waals surface area contributed by atoms with Gasteiger partial charge in [-0.1, -0.05) is 30.3 Å². The molecule has 0 aliphatic carbocycles. The van der Waals surface area contributed by atoms with E-state index >= 15 is 0 Å². The standard InChI is InChI=1S/C14H16O5/c1-15-14-12-11(18-12)10-9(17-14)7-16-13(19-10)8-5-3-2-4-6-8/h2-6,9-14H,7H2,1H3/t9-,10-,11+,12+,13?,14-/m1/s1. The van der Waals surface area contributed by atoms with E-state index in [1.807, 2.05) is 30.3 Å². The van der Waals surface area contributed by atoms with E-state index in [-0.39, 0.29) is 37.0 Å². The molecule has 0 saturated carbocycles. The second-order valence-electron chi connectivity index (χ2n) is 5.02. The number of epoxide rings is 1. The van der Waals surface area contributed by atoms with Crippen molar-refractivity contribution >= 4 is 0 Å². The van der Waals surface area contributed by atoms with Crippen molar-refractivity contribution in [2.24, 2.45) is 0 Å². The number of rotatable bonds is 2. The molecule has 0 amide bonds. The van der Waals surface area contributed by atoms with E-state index in [0.29, 0.717) is 6.61 Å². The fraction of sp³-hybridized carbons (Fsp3) is 0.571. The van der Waals surface area contributed by atoms with Gasteiger partial charge >= 0.3 is 0 Å². The maximum absolute atomic E-state index is 6.00. The highest BCUT2D eigenvalue weighted by Gasteiger charge is 2.60. The molecule has 0 N–H and O–H groups in total. The van der Waals surface area contributed by atoms with Gasteiger partial charge in [0.2, 0.25) is 0 Å². The Hall–Kier alpha value is -0.980. The first-order valence-corrected chi connectivity index (χ1v) is 6.52. The minimum Gasteiger partial charge on any atom is -0.361 e. The molecule has 3 heterocycles. The van der Waals surface area contributed by atoms with Crippen molar-refractivity contribution in [3.63, 3.8) is 0 Å². The molecule has 6 atom stereocenters. The van der Waals surface area contributed by atoms with E-state index in [1.165, 1.54) is 0 Å². The topological polar surface area (TPSA) is 49.5 Å². The van der Waals surface area contributed by atoms with Gasteiger partial charge < -0.3 is 23.7 Å². The molecule has 19 heavy (non-hydrogen) atoms. The van der Waals surface area contributed by atoms with Crippen molar-refractivity contribution in [1.29, 1.82) is 0 Å². The third-order valence-corrected chi connectivity index (χ3v) is 3.83. The maximum Gasteiger partial charge on any atom is 0.186 e. The summed E-state index contributed by atoms with van der Waals surface area (Å²) in [5.41, 5.74) is 1.02. The molecule has 3 aliphatic heterocycles. The largest absolute Gasteiger partial charge is 0.361 e. The summed E-state index contributed by atoms with van der Waals surface area (Å²) in [5.74, 6) is 0. The van der Waals surface area contributed by atoms with Crippen molar-refractivity contribution in [1.82, 2.24) is 0 Å².